The third-order valence-corrected chi connectivity index (χ3v) is 4.24. The first-order valence-electron chi connectivity index (χ1n) is 8.19. The molecule has 1 N–H and O–H groups in total. The molecular formula is C19H17F3N4O. The minimum Gasteiger partial charge on any atom is -0.346 e. The van der Waals surface area contributed by atoms with E-state index in [1.807, 2.05) is 32.0 Å². The maximum absolute atomic E-state index is 13.0. The Labute approximate surface area is 153 Å². The van der Waals surface area contributed by atoms with E-state index in [2.05, 4.69) is 15.6 Å². The number of hydrogen-bond donors (Lipinski definition) is 1. The Morgan fingerprint density at radius 3 is 2.56 bits per heavy atom. The standard InChI is InChI=1S/C19H17F3N4O/c1-12-7-8-15(9-13(12)2)26-11-17(24-25-26)18(27)23-10-14-5-3-4-6-16(14)19(20,21)22/h3-9,11H,10H2,1-2H3,(H,23,27). The molecule has 0 bridgehead atoms. The molecular weight excluding hydrogens is 357 g/mol. The average Bonchev–Trinajstić information content (AvgIpc) is 3.11. The maximum atomic E-state index is 13.0. The van der Waals surface area contributed by atoms with E-state index in [4.69, 9.17) is 0 Å². The zero-order valence-corrected chi connectivity index (χ0v) is 14.7. The van der Waals surface area contributed by atoms with E-state index in [1.54, 1.807) is 0 Å². The fraction of sp³-hybridized carbons (Fsp3) is 0.211. The number of carbonyl (C=O) groups is 1. The molecule has 0 radical (unpaired) electrons. The number of nitrogens with one attached hydrogen (secondary N) is 1. The monoisotopic (exact) mass is 374 g/mol. The van der Waals surface area contributed by atoms with Crippen LogP contribution in [-0.2, 0) is 12.7 Å². The number of rotatable bonds is 4. The number of hydrogen-bond acceptors (Lipinski definition) is 3. The molecule has 1 amide bonds. The lowest BCUT2D eigenvalue weighted by Gasteiger charge is -2.12. The van der Waals surface area contributed by atoms with Gasteiger partial charge in [-0.25, -0.2) is 4.68 Å². The third kappa shape index (κ3) is 4.16. The molecule has 3 aromatic rings. The van der Waals surface area contributed by atoms with E-state index in [9.17, 15) is 18.0 Å². The zero-order chi connectivity index (χ0) is 19.6. The highest BCUT2D eigenvalue weighted by Gasteiger charge is 2.32. The van der Waals surface area contributed by atoms with Gasteiger partial charge in [0, 0.05) is 6.54 Å². The van der Waals surface area contributed by atoms with Crippen molar-refractivity contribution in [2.75, 3.05) is 0 Å². The van der Waals surface area contributed by atoms with Crippen molar-refractivity contribution in [1.29, 1.82) is 0 Å². The lowest BCUT2D eigenvalue weighted by Crippen LogP contribution is -2.24. The SMILES string of the molecule is Cc1ccc(-n2cc(C(=O)NCc3ccccc3C(F)(F)F)nn2)cc1C. The van der Waals surface area contributed by atoms with Crippen LogP contribution >= 0.6 is 0 Å². The lowest BCUT2D eigenvalue weighted by molar-refractivity contribution is -0.138. The predicted octanol–water partition coefficient (Wildman–Crippen LogP) is 3.83. The van der Waals surface area contributed by atoms with Gasteiger partial charge >= 0.3 is 6.18 Å². The van der Waals surface area contributed by atoms with E-state index in [0.717, 1.165) is 22.9 Å². The van der Waals surface area contributed by atoms with Crippen molar-refractivity contribution < 1.29 is 18.0 Å². The number of amides is 1. The molecule has 8 heteroatoms. The van der Waals surface area contributed by atoms with Crippen molar-refractivity contribution in [2.24, 2.45) is 0 Å². The molecule has 2 aromatic carbocycles. The molecule has 0 aliphatic carbocycles. The fourth-order valence-electron chi connectivity index (χ4n) is 2.58. The number of nitrogens with zero attached hydrogens (tertiary/aromatic N) is 3. The first-order valence-corrected chi connectivity index (χ1v) is 8.19. The summed E-state index contributed by atoms with van der Waals surface area (Å²) in [6.07, 6.45) is -3.04. The molecule has 27 heavy (non-hydrogen) atoms. The summed E-state index contributed by atoms with van der Waals surface area (Å²) in [4.78, 5) is 12.2. The van der Waals surface area contributed by atoms with Crippen LogP contribution in [0.1, 0.15) is 32.7 Å². The van der Waals surface area contributed by atoms with E-state index < -0.39 is 17.6 Å². The minimum absolute atomic E-state index is 0.0140. The Morgan fingerprint density at radius 1 is 1.11 bits per heavy atom. The van der Waals surface area contributed by atoms with Crippen molar-refractivity contribution in [1.82, 2.24) is 20.3 Å². The highest BCUT2D eigenvalue weighted by atomic mass is 19.4. The van der Waals surface area contributed by atoms with Crippen LogP contribution in [0.15, 0.2) is 48.7 Å². The van der Waals surface area contributed by atoms with Crippen molar-refractivity contribution >= 4 is 5.91 Å². The Kier molecular flexibility index (Phi) is 4.98. The van der Waals surface area contributed by atoms with Crippen molar-refractivity contribution in [3.63, 3.8) is 0 Å². The molecule has 0 saturated carbocycles. The van der Waals surface area contributed by atoms with Gasteiger partial charge in [-0.2, -0.15) is 13.2 Å². The molecule has 0 spiro atoms. The molecule has 3 rings (SSSR count). The van der Waals surface area contributed by atoms with Gasteiger partial charge in [-0.05, 0) is 48.7 Å². The molecule has 0 saturated heterocycles. The average molecular weight is 374 g/mol. The summed E-state index contributed by atoms with van der Waals surface area (Å²) < 4.78 is 40.5. The molecule has 0 unspecified atom stereocenters. The van der Waals surface area contributed by atoms with E-state index in [-0.39, 0.29) is 17.8 Å². The van der Waals surface area contributed by atoms with Crippen LogP contribution in [0, 0.1) is 13.8 Å². The number of aryl methyl sites for hydroxylation is 2. The van der Waals surface area contributed by atoms with Crippen molar-refractivity contribution in [3.05, 3.63) is 76.6 Å². The van der Waals surface area contributed by atoms with Gasteiger partial charge in [-0.1, -0.05) is 29.5 Å². The van der Waals surface area contributed by atoms with Crippen LogP contribution in [-0.4, -0.2) is 20.9 Å². The Bertz CT molecular complexity index is 979. The first-order chi connectivity index (χ1) is 12.8. The summed E-state index contributed by atoms with van der Waals surface area (Å²) in [5, 5.41) is 10.2. The summed E-state index contributed by atoms with van der Waals surface area (Å²) in [6.45, 7) is 3.69. The van der Waals surface area contributed by atoms with Gasteiger partial charge < -0.3 is 5.32 Å². The largest absolute Gasteiger partial charge is 0.416 e. The second-order valence-electron chi connectivity index (χ2n) is 6.15. The van der Waals surface area contributed by atoms with Crippen LogP contribution in [0.3, 0.4) is 0 Å². The summed E-state index contributed by atoms with van der Waals surface area (Å²) in [6, 6.07) is 10.8. The topological polar surface area (TPSA) is 59.8 Å². The smallest absolute Gasteiger partial charge is 0.346 e. The van der Waals surface area contributed by atoms with Gasteiger partial charge in [0.05, 0.1) is 17.4 Å². The maximum Gasteiger partial charge on any atom is 0.416 e. The third-order valence-electron chi connectivity index (χ3n) is 4.24. The number of aromatic nitrogens is 3. The summed E-state index contributed by atoms with van der Waals surface area (Å²) in [5.74, 6) is -0.595. The van der Waals surface area contributed by atoms with Crippen LogP contribution in [0.25, 0.3) is 5.69 Å². The number of alkyl halides is 3. The van der Waals surface area contributed by atoms with Crippen molar-refractivity contribution in [3.8, 4) is 5.69 Å². The zero-order valence-electron chi connectivity index (χ0n) is 14.7. The van der Waals surface area contributed by atoms with E-state index in [0.29, 0.717) is 0 Å². The summed E-state index contributed by atoms with van der Waals surface area (Å²) >= 11 is 0. The molecule has 0 aliphatic heterocycles. The molecule has 140 valence electrons. The number of halogens is 3. The van der Waals surface area contributed by atoms with E-state index >= 15 is 0 Å². The van der Waals surface area contributed by atoms with Crippen LogP contribution in [0.2, 0.25) is 0 Å². The summed E-state index contributed by atoms with van der Waals surface area (Å²) in [7, 11) is 0. The van der Waals surface area contributed by atoms with Crippen LogP contribution < -0.4 is 5.32 Å². The number of carbonyl (C=O) groups excluding carboxylic acids is 1. The normalized spacial score (nSPS) is 11.4. The molecule has 0 fully saturated rings. The van der Waals surface area contributed by atoms with Gasteiger partial charge in [0.2, 0.25) is 0 Å². The van der Waals surface area contributed by atoms with Gasteiger partial charge in [-0.3, -0.25) is 4.79 Å². The minimum atomic E-state index is -4.48. The van der Waals surface area contributed by atoms with Crippen LogP contribution in [0.5, 0.6) is 0 Å². The van der Waals surface area contributed by atoms with Gasteiger partial charge in [0.25, 0.3) is 5.91 Å². The second-order valence-corrected chi connectivity index (χ2v) is 6.15. The molecule has 5 nitrogen and oxygen atoms in total. The molecule has 0 atom stereocenters. The lowest BCUT2D eigenvalue weighted by atomic mass is 10.1. The Hall–Kier alpha value is -3.16. The second kappa shape index (κ2) is 7.22. The van der Waals surface area contributed by atoms with Crippen LogP contribution in [0.4, 0.5) is 13.2 Å². The highest BCUT2D eigenvalue weighted by Crippen LogP contribution is 2.31. The van der Waals surface area contributed by atoms with Gasteiger partial charge in [0.15, 0.2) is 5.69 Å². The molecule has 1 heterocycles. The first kappa shape index (κ1) is 18.6. The van der Waals surface area contributed by atoms with Gasteiger partial charge in [0.1, 0.15) is 0 Å². The van der Waals surface area contributed by atoms with Crippen molar-refractivity contribution in [2.45, 2.75) is 26.6 Å². The molecule has 1 aromatic heterocycles. The van der Waals surface area contributed by atoms with Gasteiger partial charge in [-0.15, -0.1) is 5.10 Å². The molecule has 0 aliphatic rings. The summed E-state index contributed by atoms with van der Waals surface area (Å²) in [5.41, 5.74) is 2.17. The highest BCUT2D eigenvalue weighted by molar-refractivity contribution is 5.91. The Balaban J connectivity index is 1.73. The fourth-order valence-corrected chi connectivity index (χ4v) is 2.58. The Morgan fingerprint density at radius 2 is 1.85 bits per heavy atom. The predicted molar refractivity (Wildman–Crippen MR) is 93.4 cm³/mol. The quantitative estimate of drug-likeness (QED) is 0.755. The van der Waals surface area contributed by atoms with E-state index in [1.165, 1.54) is 29.1 Å². The number of benzene rings is 2.